The van der Waals surface area contributed by atoms with Gasteiger partial charge in [0.15, 0.2) is 9.84 Å². The number of anilines is 2. The quantitative estimate of drug-likeness (QED) is 0.627. The first-order valence-corrected chi connectivity index (χ1v) is 10.4. The second-order valence-electron chi connectivity index (χ2n) is 6.41. The molecule has 0 atom stereocenters. The van der Waals surface area contributed by atoms with E-state index in [0.717, 1.165) is 17.8 Å². The lowest BCUT2D eigenvalue weighted by atomic mass is 10.0. The highest BCUT2D eigenvalue weighted by Gasteiger charge is 2.32. The molecule has 1 heterocycles. The predicted octanol–water partition coefficient (Wildman–Crippen LogP) is 5.01. The molecule has 0 aliphatic carbocycles. The lowest BCUT2D eigenvalue weighted by Gasteiger charge is -2.12. The predicted molar refractivity (Wildman–Crippen MR) is 105 cm³/mol. The van der Waals surface area contributed by atoms with Gasteiger partial charge in [-0.25, -0.2) is 18.4 Å². The van der Waals surface area contributed by atoms with E-state index in [2.05, 4.69) is 15.3 Å². The van der Waals surface area contributed by atoms with E-state index in [-0.39, 0.29) is 16.6 Å². The molecule has 0 aliphatic heterocycles. The van der Waals surface area contributed by atoms with Gasteiger partial charge in [0, 0.05) is 11.9 Å². The van der Waals surface area contributed by atoms with Crippen molar-refractivity contribution in [3.8, 4) is 11.1 Å². The van der Waals surface area contributed by atoms with Crippen molar-refractivity contribution in [2.75, 3.05) is 11.1 Å². The van der Waals surface area contributed by atoms with Crippen molar-refractivity contribution in [2.45, 2.75) is 24.9 Å². The van der Waals surface area contributed by atoms with Crippen molar-refractivity contribution in [1.82, 2.24) is 9.97 Å². The minimum absolute atomic E-state index is 0.00996. The smallest absolute Gasteiger partial charge is 0.324 e. The van der Waals surface area contributed by atoms with E-state index < -0.39 is 21.7 Å². The van der Waals surface area contributed by atoms with Crippen LogP contribution in [-0.4, -0.2) is 24.1 Å². The van der Waals surface area contributed by atoms with Crippen LogP contribution in [0.25, 0.3) is 11.1 Å². The Hall–Kier alpha value is -2.94. The molecule has 0 fully saturated rings. The van der Waals surface area contributed by atoms with E-state index in [4.69, 9.17) is 0 Å². The molecule has 0 unspecified atom stereocenters. The summed E-state index contributed by atoms with van der Waals surface area (Å²) in [6.07, 6.45) is -3.53. The van der Waals surface area contributed by atoms with Crippen LogP contribution in [0.2, 0.25) is 0 Å². The number of benzene rings is 2. The molecule has 2 aromatic carbocycles. The molecule has 152 valence electrons. The summed E-state index contributed by atoms with van der Waals surface area (Å²) in [6.45, 7) is 3.40. The van der Waals surface area contributed by atoms with Crippen molar-refractivity contribution < 1.29 is 21.6 Å². The summed E-state index contributed by atoms with van der Waals surface area (Å²) in [5.41, 5.74) is 1.67. The van der Waals surface area contributed by atoms with E-state index in [1.807, 2.05) is 13.0 Å². The average molecular weight is 421 g/mol. The van der Waals surface area contributed by atoms with Crippen molar-refractivity contribution in [3.05, 3.63) is 66.0 Å². The zero-order chi connectivity index (χ0) is 21.2. The lowest BCUT2D eigenvalue weighted by molar-refractivity contribution is -0.141. The molecule has 1 N–H and O–H groups in total. The van der Waals surface area contributed by atoms with Crippen LogP contribution in [0.1, 0.15) is 18.2 Å². The van der Waals surface area contributed by atoms with Crippen molar-refractivity contribution in [1.29, 1.82) is 0 Å². The fraction of sp³-hybridized carbons (Fsp3) is 0.200. The van der Waals surface area contributed by atoms with Gasteiger partial charge < -0.3 is 5.32 Å². The molecule has 29 heavy (non-hydrogen) atoms. The summed E-state index contributed by atoms with van der Waals surface area (Å²) in [5, 5.41) is 2.78. The summed E-state index contributed by atoms with van der Waals surface area (Å²) < 4.78 is 62.9. The second kappa shape index (κ2) is 7.82. The third-order valence-electron chi connectivity index (χ3n) is 4.19. The summed E-state index contributed by atoms with van der Waals surface area (Å²) in [7, 11) is -3.36. The highest BCUT2D eigenvalue weighted by Crippen LogP contribution is 2.30. The van der Waals surface area contributed by atoms with E-state index in [0.29, 0.717) is 16.8 Å². The molecule has 3 aromatic rings. The number of halogens is 3. The molecule has 0 saturated carbocycles. The van der Waals surface area contributed by atoms with Gasteiger partial charge >= 0.3 is 6.18 Å². The number of aryl methyl sites for hydroxylation is 1. The average Bonchev–Trinajstić information content (AvgIpc) is 2.67. The van der Waals surface area contributed by atoms with Gasteiger partial charge in [-0.2, -0.15) is 13.2 Å². The summed E-state index contributed by atoms with van der Waals surface area (Å²) in [4.78, 5) is 7.56. The zero-order valence-corrected chi connectivity index (χ0v) is 16.5. The highest BCUT2D eigenvalue weighted by atomic mass is 32.2. The molecule has 0 bridgehead atoms. The number of nitrogens with one attached hydrogen (secondary N) is 1. The fourth-order valence-electron chi connectivity index (χ4n) is 2.76. The first-order chi connectivity index (χ1) is 13.6. The maximum atomic E-state index is 12.9. The minimum Gasteiger partial charge on any atom is -0.324 e. The summed E-state index contributed by atoms with van der Waals surface area (Å²) in [6, 6.07) is 12.6. The molecule has 9 heteroatoms. The molecule has 0 saturated heterocycles. The van der Waals surface area contributed by atoms with Crippen LogP contribution in [0, 0.1) is 6.92 Å². The third-order valence-corrected chi connectivity index (χ3v) is 5.92. The maximum absolute atomic E-state index is 12.9. The van der Waals surface area contributed by atoms with E-state index in [9.17, 15) is 21.6 Å². The number of sulfone groups is 1. The van der Waals surface area contributed by atoms with Crippen LogP contribution >= 0.6 is 0 Å². The van der Waals surface area contributed by atoms with Crippen LogP contribution in [0.15, 0.2) is 59.6 Å². The number of alkyl halides is 3. The monoisotopic (exact) mass is 421 g/mol. The molecule has 0 radical (unpaired) electrons. The van der Waals surface area contributed by atoms with Gasteiger partial charge in [0.2, 0.25) is 5.95 Å². The van der Waals surface area contributed by atoms with Crippen LogP contribution in [0.4, 0.5) is 24.8 Å². The number of nitrogens with zero attached hydrogens (tertiary/aromatic N) is 2. The summed E-state index contributed by atoms with van der Waals surface area (Å²) in [5.74, 6) is -0.192. The van der Waals surface area contributed by atoms with E-state index in [1.165, 1.54) is 6.07 Å². The van der Waals surface area contributed by atoms with Crippen LogP contribution in [0.3, 0.4) is 0 Å². The first kappa shape index (κ1) is 20.8. The number of hydrogen-bond donors (Lipinski definition) is 1. The van der Waals surface area contributed by atoms with Gasteiger partial charge in [0.1, 0.15) is 5.69 Å². The van der Waals surface area contributed by atoms with Crippen LogP contribution < -0.4 is 5.32 Å². The molecule has 3 rings (SSSR count). The van der Waals surface area contributed by atoms with Crippen LogP contribution in [0.5, 0.6) is 0 Å². The third kappa shape index (κ3) is 4.92. The van der Waals surface area contributed by atoms with Gasteiger partial charge in [-0.05, 0) is 53.9 Å². The topological polar surface area (TPSA) is 72.0 Å². The first-order valence-electron chi connectivity index (χ1n) is 8.70. The van der Waals surface area contributed by atoms with Gasteiger partial charge in [-0.3, -0.25) is 0 Å². The maximum Gasteiger partial charge on any atom is 0.433 e. The standard InChI is InChI=1S/C20H18F3N3O2S/c1-3-29(27,28)17-6-4-5-14(12-17)15-9-13(2)10-16(11-15)25-19-24-8-7-18(26-19)20(21,22)23/h4-12H,3H2,1-2H3,(H,24,25,26). The molecular weight excluding hydrogens is 403 g/mol. The normalized spacial score (nSPS) is 12.0. The Labute approximate surface area is 166 Å². The van der Waals surface area contributed by atoms with Crippen LogP contribution in [-0.2, 0) is 16.0 Å². The van der Waals surface area contributed by atoms with Crippen molar-refractivity contribution in [3.63, 3.8) is 0 Å². The zero-order valence-electron chi connectivity index (χ0n) is 15.7. The number of rotatable bonds is 5. The molecule has 1 aromatic heterocycles. The molecule has 0 spiro atoms. The van der Waals surface area contributed by atoms with Gasteiger partial charge in [0.25, 0.3) is 0 Å². The Morgan fingerprint density at radius 1 is 1.03 bits per heavy atom. The Kier molecular flexibility index (Phi) is 5.61. The van der Waals surface area contributed by atoms with E-state index in [1.54, 1.807) is 37.3 Å². The molecular formula is C20H18F3N3O2S. The van der Waals surface area contributed by atoms with E-state index >= 15 is 0 Å². The fourth-order valence-corrected chi connectivity index (χ4v) is 3.69. The summed E-state index contributed by atoms with van der Waals surface area (Å²) >= 11 is 0. The highest BCUT2D eigenvalue weighted by molar-refractivity contribution is 7.91. The van der Waals surface area contributed by atoms with Gasteiger partial charge in [-0.15, -0.1) is 0 Å². The largest absolute Gasteiger partial charge is 0.433 e. The van der Waals surface area contributed by atoms with Gasteiger partial charge in [0.05, 0.1) is 10.6 Å². The van der Waals surface area contributed by atoms with Crippen molar-refractivity contribution in [2.24, 2.45) is 0 Å². The Bertz CT molecular complexity index is 1150. The molecule has 0 aliphatic rings. The molecule has 5 nitrogen and oxygen atoms in total. The lowest BCUT2D eigenvalue weighted by Crippen LogP contribution is -2.10. The second-order valence-corrected chi connectivity index (χ2v) is 8.69. The van der Waals surface area contributed by atoms with Gasteiger partial charge in [-0.1, -0.05) is 25.1 Å². The number of hydrogen-bond acceptors (Lipinski definition) is 5. The molecule has 0 amide bonds. The Balaban J connectivity index is 1.97. The Morgan fingerprint density at radius 2 is 1.79 bits per heavy atom. The Morgan fingerprint density at radius 3 is 2.48 bits per heavy atom. The SMILES string of the molecule is CCS(=O)(=O)c1cccc(-c2cc(C)cc(Nc3nccc(C(F)(F)F)n3)c2)c1. The number of aromatic nitrogens is 2. The van der Waals surface area contributed by atoms with Crippen molar-refractivity contribution >= 4 is 21.5 Å². The minimum atomic E-state index is -4.57.